The molecule has 9 heteroatoms. The fourth-order valence-electron chi connectivity index (χ4n) is 5.87. The summed E-state index contributed by atoms with van der Waals surface area (Å²) in [5.41, 5.74) is 1.92. The first-order chi connectivity index (χ1) is 18.4. The van der Waals surface area contributed by atoms with Crippen LogP contribution < -0.4 is 5.32 Å². The predicted molar refractivity (Wildman–Crippen MR) is 139 cm³/mol. The van der Waals surface area contributed by atoms with Crippen LogP contribution in [0, 0.1) is 23.2 Å². The number of fused-ring (bicyclic) bond motifs is 1. The van der Waals surface area contributed by atoms with E-state index in [9.17, 15) is 13.6 Å². The number of halogens is 2. The Hall–Kier alpha value is -3.48. The largest absolute Gasteiger partial charge is 0.381 e. The van der Waals surface area contributed by atoms with Crippen molar-refractivity contribution in [2.75, 3.05) is 38.7 Å². The van der Waals surface area contributed by atoms with Crippen LogP contribution in [-0.2, 0) is 9.53 Å². The number of anilines is 1. The molecule has 196 valence electrons. The van der Waals surface area contributed by atoms with E-state index in [0.717, 1.165) is 52.0 Å². The SMILES string of the molecule is CN1CC[C@]2(C[C@@H]2C(=O)Nc2cc3c(C#Cc4ccc(C5CCOCC5)cn4)cnc(C(F)F)c3cn2)C1. The molecule has 3 aromatic rings. The Morgan fingerprint density at radius 1 is 1.13 bits per heavy atom. The third kappa shape index (κ3) is 4.86. The van der Waals surface area contributed by atoms with Gasteiger partial charge < -0.3 is 15.0 Å². The molecule has 0 aromatic carbocycles. The zero-order chi connectivity index (χ0) is 26.3. The highest BCUT2D eigenvalue weighted by Gasteiger charge is 2.60. The zero-order valence-electron chi connectivity index (χ0n) is 21.2. The molecular formula is C29H29F2N5O2. The van der Waals surface area contributed by atoms with Crippen LogP contribution in [-0.4, -0.2) is 59.1 Å². The molecule has 2 saturated heterocycles. The van der Waals surface area contributed by atoms with Gasteiger partial charge in [-0.25, -0.2) is 18.7 Å². The number of alkyl halides is 2. The van der Waals surface area contributed by atoms with Crippen molar-refractivity contribution in [3.05, 3.63) is 59.3 Å². The average Bonchev–Trinajstić information content (AvgIpc) is 3.52. The minimum absolute atomic E-state index is 0.0477. The molecule has 3 fully saturated rings. The van der Waals surface area contributed by atoms with Crippen LogP contribution in [0.25, 0.3) is 10.8 Å². The van der Waals surface area contributed by atoms with Gasteiger partial charge in [0.25, 0.3) is 6.43 Å². The van der Waals surface area contributed by atoms with E-state index in [4.69, 9.17) is 4.74 Å². The summed E-state index contributed by atoms with van der Waals surface area (Å²) in [5.74, 6) is 6.72. The lowest BCUT2D eigenvalue weighted by Gasteiger charge is -2.21. The normalized spacial score (nSPS) is 23.5. The standard InChI is InChI=1S/C29H29F2N5O2/c1-36-9-8-29(17-36)13-24(29)28(37)35-25-12-22-20(15-34-26(27(30)31)23(22)16-33-25)3-5-21-4-2-19(14-32-21)18-6-10-38-11-7-18/h2,4,12,14-16,18,24,27H,6-11,13,17H2,1H3,(H,33,35,37)/t24-,29+/m1/s1. The van der Waals surface area contributed by atoms with Gasteiger partial charge in [-0.1, -0.05) is 12.0 Å². The summed E-state index contributed by atoms with van der Waals surface area (Å²) in [4.78, 5) is 27.9. The lowest BCUT2D eigenvalue weighted by molar-refractivity contribution is -0.118. The van der Waals surface area contributed by atoms with Crippen molar-refractivity contribution >= 4 is 22.5 Å². The summed E-state index contributed by atoms with van der Waals surface area (Å²) in [6, 6.07) is 5.52. The quantitative estimate of drug-likeness (QED) is 0.512. The summed E-state index contributed by atoms with van der Waals surface area (Å²) >= 11 is 0. The molecule has 2 atom stereocenters. The number of nitrogens with one attached hydrogen (secondary N) is 1. The van der Waals surface area contributed by atoms with Gasteiger partial charge in [0.05, 0.1) is 5.56 Å². The Morgan fingerprint density at radius 3 is 2.68 bits per heavy atom. The molecule has 6 rings (SSSR count). The molecule has 1 saturated carbocycles. The number of pyridine rings is 3. The molecule has 0 unspecified atom stereocenters. The molecule has 38 heavy (non-hydrogen) atoms. The summed E-state index contributed by atoms with van der Waals surface area (Å²) in [5, 5.41) is 3.59. The maximum Gasteiger partial charge on any atom is 0.281 e. The molecule has 1 spiro atoms. The van der Waals surface area contributed by atoms with Crippen LogP contribution >= 0.6 is 0 Å². The van der Waals surface area contributed by atoms with Gasteiger partial charge in [-0.3, -0.25) is 9.78 Å². The summed E-state index contributed by atoms with van der Waals surface area (Å²) in [6.07, 6.45) is 5.62. The Kier molecular flexibility index (Phi) is 6.54. The third-order valence-electron chi connectivity index (χ3n) is 8.15. The lowest BCUT2D eigenvalue weighted by Crippen LogP contribution is -2.21. The molecule has 0 bridgehead atoms. The molecular weight excluding hydrogens is 488 g/mol. The minimum atomic E-state index is -2.76. The van der Waals surface area contributed by atoms with Crippen LogP contribution in [0.3, 0.4) is 0 Å². The molecule has 1 aliphatic carbocycles. The lowest BCUT2D eigenvalue weighted by atomic mass is 9.93. The molecule has 5 heterocycles. The van der Waals surface area contributed by atoms with Crippen molar-refractivity contribution in [1.82, 2.24) is 19.9 Å². The number of carbonyl (C=O) groups excluding carboxylic acids is 1. The van der Waals surface area contributed by atoms with Crippen molar-refractivity contribution in [3.8, 4) is 11.8 Å². The number of rotatable bonds is 4. The van der Waals surface area contributed by atoms with Crippen LogP contribution in [0.15, 0.2) is 36.8 Å². The predicted octanol–water partition coefficient (Wildman–Crippen LogP) is 4.54. The Labute approximate surface area is 220 Å². The molecule has 2 aliphatic heterocycles. The summed E-state index contributed by atoms with van der Waals surface area (Å²) in [6.45, 7) is 3.44. The number of aromatic nitrogens is 3. The smallest absolute Gasteiger partial charge is 0.281 e. The fourth-order valence-corrected chi connectivity index (χ4v) is 5.87. The molecule has 3 aromatic heterocycles. The summed E-state index contributed by atoms with van der Waals surface area (Å²) < 4.78 is 32.8. The maximum atomic E-state index is 13.7. The van der Waals surface area contributed by atoms with Gasteiger partial charge in [0.15, 0.2) is 0 Å². The summed E-state index contributed by atoms with van der Waals surface area (Å²) in [7, 11) is 2.07. The van der Waals surface area contributed by atoms with E-state index in [2.05, 4.69) is 44.1 Å². The van der Waals surface area contributed by atoms with Gasteiger partial charge in [0, 0.05) is 55.0 Å². The van der Waals surface area contributed by atoms with E-state index in [0.29, 0.717) is 28.4 Å². The Bertz CT molecular complexity index is 1430. The van der Waals surface area contributed by atoms with Gasteiger partial charge in [0.2, 0.25) is 5.91 Å². The fraction of sp³-hybridized carbons (Fsp3) is 0.448. The van der Waals surface area contributed by atoms with Crippen molar-refractivity contribution < 1.29 is 18.3 Å². The first-order valence-corrected chi connectivity index (χ1v) is 13.0. The van der Waals surface area contributed by atoms with Crippen LogP contribution in [0.4, 0.5) is 14.6 Å². The van der Waals surface area contributed by atoms with Gasteiger partial charge in [-0.05, 0) is 74.2 Å². The number of hydrogen-bond acceptors (Lipinski definition) is 6. The second kappa shape index (κ2) is 10.0. The molecule has 1 N–H and O–H groups in total. The number of hydrogen-bond donors (Lipinski definition) is 1. The number of carbonyl (C=O) groups is 1. The van der Waals surface area contributed by atoms with Crippen LogP contribution in [0.2, 0.25) is 0 Å². The van der Waals surface area contributed by atoms with Gasteiger partial charge in [-0.15, -0.1) is 0 Å². The second-order valence-corrected chi connectivity index (χ2v) is 10.7. The number of nitrogens with zero attached hydrogens (tertiary/aromatic N) is 4. The van der Waals surface area contributed by atoms with Crippen molar-refractivity contribution in [2.45, 2.75) is 38.0 Å². The maximum absolute atomic E-state index is 13.7. The second-order valence-electron chi connectivity index (χ2n) is 10.7. The Morgan fingerprint density at radius 2 is 1.97 bits per heavy atom. The van der Waals surface area contributed by atoms with Crippen LogP contribution in [0.5, 0.6) is 0 Å². The topological polar surface area (TPSA) is 80.2 Å². The molecule has 0 radical (unpaired) electrons. The minimum Gasteiger partial charge on any atom is -0.381 e. The number of ether oxygens (including phenoxy) is 1. The molecule has 3 aliphatic rings. The number of amides is 1. The highest BCUT2D eigenvalue weighted by molar-refractivity contribution is 5.97. The van der Waals surface area contributed by atoms with Crippen LogP contribution in [0.1, 0.15) is 60.5 Å². The van der Waals surface area contributed by atoms with E-state index in [1.165, 1.54) is 18.0 Å². The molecule has 1 amide bonds. The highest BCUT2D eigenvalue weighted by Crippen LogP contribution is 2.58. The van der Waals surface area contributed by atoms with E-state index in [1.807, 2.05) is 18.3 Å². The average molecular weight is 518 g/mol. The third-order valence-corrected chi connectivity index (χ3v) is 8.15. The van der Waals surface area contributed by atoms with Crippen molar-refractivity contribution in [3.63, 3.8) is 0 Å². The van der Waals surface area contributed by atoms with E-state index in [1.54, 1.807) is 6.07 Å². The van der Waals surface area contributed by atoms with E-state index in [-0.39, 0.29) is 28.3 Å². The Balaban J connectivity index is 1.25. The van der Waals surface area contributed by atoms with E-state index < -0.39 is 6.43 Å². The van der Waals surface area contributed by atoms with Gasteiger partial charge >= 0.3 is 0 Å². The molecule has 7 nitrogen and oxygen atoms in total. The first kappa shape index (κ1) is 24.8. The highest BCUT2D eigenvalue weighted by atomic mass is 19.3. The zero-order valence-corrected chi connectivity index (χ0v) is 21.2. The van der Waals surface area contributed by atoms with Gasteiger partial charge in [-0.2, -0.15) is 0 Å². The van der Waals surface area contributed by atoms with E-state index >= 15 is 0 Å². The monoisotopic (exact) mass is 517 g/mol. The van der Waals surface area contributed by atoms with Crippen molar-refractivity contribution in [1.29, 1.82) is 0 Å². The van der Waals surface area contributed by atoms with Gasteiger partial charge in [0.1, 0.15) is 17.2 Å². The first-order valence-electron chi connectivity index (χ1n) is 13.0. The number of likely N-dealkylation sites (tertiary alicyclic amines) is 1. The van der Waals surface area contributed by atoms with Crippen molar-refractivity contribution in [2.24, 2.45) is 11.3 Å².